The summed E-state index contributed by atoms with van der Waals surface area (Å²) in [6, 6.07) is 4.96. The molecule has 0 spiro atoms. The van der Waals surface area contributed by atoms with Crippen LogP contribution < -0.4 is 5.32 Å². The average molecular weight is 286 g/mol. The number of hydrogen-bond donors (Lipinski definition) is 1. The van der Waals surface area contributed by atoms with Gasteiger partial charge in [-0.1, -0.05) is 34.5 Å². The molecule has 1 aromatic rings. The number of hydrogen-bond acceptors (Lipinski definition) is 1. The fourth-order valence-electron chi connectivity index (χ4n) is 1.56. The van der Waals surface area contributed by atoms with Gasteiger partial charge >= 0.3 is 0 Å². The lowest BCUT2D eigenvalue weighted by Crippen LogP contribution is -2.20. The second-order valence-corrected chi connectivity index (χ2v) is 4.86. The minimum Gasteiger partial charge on any atom is -0.307 e. The van der Waals surface area contributed by atoms with E-state index in [0.29, 0.717) is 5.56 Å². The van der Waals surface area contributed by atoms with E-state index in [0.717, 1.165) is 11.0 Å². The van der Waals surface area contributed by atoms with Crippen LogP contribution in [0.2, 0.25) is 0 Å². The van der Waals surface area contributed by atoms with E-state index < -0.39 is 0 Å². The van der Waals surface area contributed by atoms with Crippen LogP contribution in [0.3, 0.4) is 0 Å². The third kappa shape index (κ3) is 3.72. The second-order valence-electron chi connectivity index (χ2n) is 3.95. The minimum atomic E-state index is -0.174. The van der Waals surface area contributed by atoms with E-state index >= 15 is 0 Å². The zero-order valence-electron chi connectivity index (χ0n) is 9.85. The van der Waals surface area contributed by atoms with E-state index in [1.807, 2.05) is 32.9 Å². The van der Waals surface area contributed by atoms with Crippen LogP contribution in [0, 0.1) is 5.82 Å². The fraction of sp³-hybridized carbons (Fsp3) is 0.385. The van der Waals surface area contributed by atoms with Crippen molar-refractivity contribution in [1.29, 1.82) is 0 Å². The number of allylic oxidation sites excluding steroid dienone is 1. The number of benzene rings is 1. The van der Waals surface area contributed by atoms with Gasteiger partial charge in [0.2, 0.25) is 0 Å². The molecule has 0 fully saturated rings. The molecule has 1 unspecified atom stereocenters. The van der Waals surface area contributed by atoms with E-state index in [1.165, 1.54) is 11.6 Å². The molecule has 0 amide bonds. The molecule has 1 N–H and O–H groups in total. The largest absolute Gasteiger partial charge is 0.307 e. The number of likely N-dealkylation sites (N-methyl/N-ethyl adjacent to an activating group) is 1. The zero-order chi connectivity index (χ0) is 12.1. The molecular weight excluding hydrogens is 269 g/mol. The summed E-state index contributed by atoms with van der Waals surface area (Å²) in [6.07, 6.45) is 2.04. The van der Waals surface area contributed by atoms with Gasteiger partial charge in [-0.05, 0) is 38.6 Å². The van der Waals surface area contributed by atoms with Gasteiger partial charge in [-0.25, -0.2) is 4.39 Å². The minimum absolute atomic E-state index is 0.0625. The standard InChI is InChI=1S/C13H17BrFN/c1-4-16-13(7-9(2)3)11-8-10(14)5-6-12(11)15/h5-8,13,16H,4H2,1-3H3. The van der Waals surface area contributed by atoms with Crippen LogP contribution >= 0.6 is 15.9 Å². The highest BCUT2D eigenvalue weighted by molar-refractivity contribution is 9.10. The summed E-state index contributed by atoms with van der Waals surface area (Å²) in [5, 5.41) is 3.26. The van der Waals surface area contributed by atoms with Crippen molar-refractivity contribution >= 4 is 15.9 Å². The van der Waals surface area contributed by atoms with Gasteiger partial charge in [0.15, 0.2) is 0 Å². The lowest BCUT2D eigenvalue weighted by Gasteiger charge is -2.16. The predicted octanol–water partition coefficient (Wildman–Crippen LogP) is 4.21. The topological polar surface area (TPSA) is 12.0 Å². The Kier molecular flexibility index (Phi) is 5.16. The first-order valence-electron chi connectivity index (χ1n) is 5.38. The van der Waals surface area contributed by atoms with E-state index in [9.17, 15) is 4.39 Å². The van der Waals surface area contributed by atoms with Crippen LogP contribution in [0.25, 0.3) is 0 Å². The maximum Gasteiger partial charge on any atom is 0.128 e. The number of halogens is 2. The Morgan fingerprint density at radius 3 is 2.75 bits per heavy atom. The molecule has 1 atom stereocenters. The summed E-state index contributed by atoms with van der Waals surface area (Å²) in [6.45, 7) is 6.85. The second kappa shape index (κ2) is 6.16. The molecule has 0 aliphatic carbocycles. The molecule has 88 valence electrons. The molecule has 0 radical (unpaired) electrons. The van der Waals surface area contributed by atoms with Crippen molar-refractivity contribution in [3.05, 3.63) is 45.7 Å². The molecule has 0 saturated carbocycles. The Balaban J connectivity index is 3.09. The van der Waals surface area contributed by atoms with Crippen molar-refractivity contribution in [2.75, 3.05) is 6.54 Å². The van der Waals surface area contributed by atoms with Crippen molar-refractivity contribution < 1.29 is 4.39 Å². The first-order chi connectivity index (χ1) is 7.54. The van der Waals surface area contributed by atoms with Gasteiger partial charge < -0.3 is 5.32 Å². The number of rotatable bonds is 4. The lowest BCUT2D eigenvalue weighted by molar-refractivity contribution is 0.565. The van der Waals surface area contributed by atoms with Crippen LogP contribution in [0.15, 0.2) is 34.3 Å². The zero-order valence-corrected chi connectivity index (χ0v) is 11.4. The van der Waals surface area contributed by atoms with Crippen molar-refractivity contribution in [2.24, 2.45) is 0 Å². The van der Waals surface area contributed by atoms with Crippen molar-refractivity contribution in [1.82, 2.24) is 5.32 Å². The molecule has 0 aromatic heterocycles. The van der Waals surface area contributed by atoms with Crippen molar-refractivity contribution in [2.45, 2.75) is 26.8 Å². The molecule has 0 bridgehead atoms. The summed E-state index contributed by atoms with van der Waals surface area (Å²) in [4.78, 5) is 0. The van der Waals surface area contributed by atoms with Crippen molar-refractivity contribution in [3.8, 4) is 0 Å². The van der Waals surface area contributed by atoms with Crippen LogP contribution in [0.5, 0.6) is 0 Å². The molecular formula is C13H17BrFN. The molecule has 0 aliphatic rings. The Morgan fingerprint density at radius 2 is 2.19 bits per heavy atom. The quantitative estimate of drug-likeness (QED) is 0.818. The van der Waals surface area contributed by atoms with Crippen LogP contribution in [0.4, 0.5) is 4.39 Å². The average Bonchev–Trinajstić information content (AvgIpc) is 2.20. The SMILES string of the molecule is CCNC(C=C(C)C)c1cc(Br)ccc1F. The van der Waals surface area contributed by atoms with Gasteiger partial charge in [-0.3, -0.25) is 0 Å². The van der Waals surface area contributed by atoms with Crippen molar-refractivity contribution in [3.63, 3.8) is 0 Å². The van der Waals surface area contributed by atoms with Gasteiger partial charge in [0.05, 0.1) is 6.04 Å². The molecule has 1 aromatic carbocycles. The summed E-state index contributed by atoms with van der Waals surface area (Å²) in [5.74, 6) is -0.174. The van der Waals surface area contributed by atoms with Gasteiger partial charge in [0.1, 0.15) is 5.82 Å². The molecule has 16 heavy (non-hydrogen) atoms. The summed E-state index contributed by atoms with van der Waals surface area (Å²) in [7, 11) is 0. The Labute approximate surface area is 105 Å². The summed E-state index contributed by atoms with van der Waals surface area (Å²) >= 11 is 3.37. The number of nitrogens with one attached hydrogen (secondary N) is 1. The van der Waals surface area contributed by atoms with Crippen LogP contribution in [0.1, 0.15) is 32.4 Å². The Morgan fingerprint density at radius 1 is 1.50 bits per heavy atom. The van der Waals surface area contributed by atoms with Crippen LogP contribution in [-0.4, -0.2) is 6.54 Å². The smallest absolute Gasteiger partial charge is 0.128 e. The maximum atomic E-state index is 13.7. The highest BCUT2D eigenvalue weighted by Gasteiger charge is 2.12. The van der Waals surface area contributed by atoms with E-state index in [4.69, 9.17) is 0 Å². The Bertz CT molecular complexity index is 384. The highest BCUT2D eigenvalue weighted by atomic mass is 79.9. The molecule has 0 heterocycles. The van der Waals surface area contributed by atoms with Gasteiger partial charge in [0.25, 0.3) is 0 Å². The Hall–Kier alpha value is -0.670. The first kappa shape index (κ1) is 13.4. The van der Waals surface area contributed by atoms with E-state index in [-0.39, 0.29) is 11.9 Å². The first-order valence-corrected chi connectivity index (χ1v) is 6.17. The molecule has 0 aliphatic heterocycles. The maximum absolute atomic E-state index is 13.7. The van der Waals surface area contributed by atoms with Gasteiger partial charge in [-0.2, -0.15) is 0 Å². The van der Waals surface area contributed by atoms with E-state index in [2.05, 4.69) is 21.2 Å². The van der Waals surface area contributed by atoms with Gasteiger partial charge in [-0.15, -0.1) is 0 Å². The predicted molar refractivity (Wildman–Crippen MR) is 69.9 cm³/mol. The van der Waals surface area contributed by atoms with Crippen LogP contribution in [-0.2, 0) is 0 Å². The summed E-state index contributed by atoms with van der Waals surface area (Å²) in [5.41, 5.74) is 1.85. The van der Waals surface area contributed by atoms with E-state index in [1.54, 1.807) is 6.07 Å². The monoisotopic (exact) mass is 285 g/mol. The third-order valence-electron chi connectivity index (χ3n) is 2.22. The molecule has 1 nitrogen and oxygen atoms in total. The fourth-order valence-corrected chi connectivity index (χ4v) is 1.94. The normalized spacial score (nSPS) is 12.3. The highest BCUT2D eigenvalue weighted by Crippen LogP contribution is 2.23. The summed E-state index contributed by atoms with van der Waals surface area (Å²) < 4.78 is 14.6. The molecule has 0 saturated heterocycles. The molecule has 1 rings (SSSR count). The molecule has 3 heteroatoms. The lowest BCUT2D eigenvalue weighted by atomic mass is 10.0. The van der Waals surface area contributed by atoms with Gasteiger partial charge in [0, 0.05) is 10.0 Å². The third-order valence-corrected chi connectivity index (χ3v) is 2.71.